The molecule has 0 saturated heterocycles. The van der Waals surface area contributed by atoms with Crippen LogP contribution in [0.5, 0.6) is 0 Å². The van der Waals surface area contributed by atoms with Crippen LogP contribution in [0.4, 0.5) is 13.2 Å². The van der Waals surface area contributed by atoms with Crippen molar-refractivity contribution in [3.05, 3.63) is 41.5 Å². The Labute approximate surface area is 95.1 Å². The summed E-state index contributed by atoms with van der Waals surface area (Å²) >= 11 is 0. The van der Waals surface area contributed by atoms with Gasteiger partial charge in [0.25, 0.3) is 0 Å². The number of nitrogens with one attached hydrogen (secondary N) is 1. The fourth-order valence-corrected chi connectivity index (χ4v) is 1.39. The summed E-state index contributed by atoms with van der Waals surface area (Å²) in [5.74, 6) is -3.29. The topological polar surface area (TPSA) is 42.7 Å². The maximum atomic E-state index is 13.4. The van der Waals surface area contributed by atoms with E-state index in [9.17, 15) is 13.2 Å². The summed E-state index contributed by atoms with van der Waals surface area (Å²) in [5, 5.41) is 10.2. The molecule has 0 aliphatic rings. The van der Waals surface area contributed by atoms with Crippen LogP contribution in [0.3, 0.4) is 0 Å². The Hall–Kier alpha value is -1.89. The van der Waals surface area contributed by atoms with Gasteiger partial charge in [-0.3, -0.25) is 0 Å². The second kappa shape index (κ2) is 4.54. The molecule has 0 bridgehead atoms. The summed E-state index contributed by atoms with van der Waals surface area (Å²) in [6, 6.07) is 1.33. The first-order valence-corrected chi connectivity index (χ1v) is 4.82. The van der Waals surface area contributed by atoms with E-state index in [1.165, 1.54) is 6.20 Å². The van der Waals surface area contributed by atoms with Crippen molar-refractivity contribution in [1.29, 1.82) is 0 Å². The molecular weight excluding hydrogens is 233 g/mol. The summed E-state index contributed by atoms with van der Waals surface area (Å²) < 4.78 is 40.4. The summed E-state index contributed by atoms with van der Waals surface area (Å²) in [6.45, 7) is 0.430. The summed E-state index contributed by atoms with van der Waals surface area (Å²) in [4.78, 5) is 0. The number of hydrogen-bond acceptors (Lipinski definition) is 3. The van der Waals surface area contributed by atoms with Gasteiger partial charge >= 0.3 is 0 Å². The molecule has 0 spiro atoms. The highest BCUT2D eigenvalue weighted by Gasteiger charge is 2.14. The zero-order chi connectivity index (χ0) is 12.4. The van der Waals surface area contributed by atoms with Gasteiger partial charge in [0.05, 0.1) is 11.9 Å². The van der Waals surface area contributed by atoms with Crippen molar-refractivity contribution in [2.24, 2.45) is 0 Å². The normalized spacial score (nSPS) is 10.8. The molecule has 1 heterocycles. The molecule has 0 unspecified atom stereocenters. The molecule has 0 atom stereocenters. The molecule has 0 saturated carbocycles. The Morgan fingerprint density at radius 1 is 1.29 bits per heavy atom. The first kappa shape index (κ1) is 11.6. The first-order valence-electron chi connectivity index (χ1n) is 4.82. The number of halogens is 3. The van der Waals surface area contributed by atoms with E-state index in [2.05, 4.69) is 15.6 Å². The lowest BCUT2D eigenvalue weighted by atomic mass is 10.3. The van der Waals surface area contributed by atoms with E-state index in [4.69, 9.17) is 0 Å². The minimum absolute atomic E-state index is 0.308. The van der Waals surface area contributed by atoms with E-state index in [1.807, 2.05) is 0 Å². The van der Waals surface area contributed by atoms with Gasteiger partial charge in [-0.05, 0) is 7.05 Å². The predicted octanol–water partition coefficient (Wildman–Crippen LogP) is 1.40. The predicted molar refractivity (Wildman–Crippen MR) is 54.0 cm³/mol. The maximum Gasteiger partial charge on any atom is 0.184 e. The lowest BCUT2D eigenvalue weighted by molar-refractivity contribution is 0.487. The summed E-state index contributed by atoms with van der Waals surface area (Å²) in [7, 11) is 1.71. The maximum absolute atomic E-state index is 13.4. The van der Waals surface area contributed by atoms with Crippen molar-refractivity contribution in [2.45, 2.75) is 6.54 Å². The highest BCUT2D eigenvalue weighted by molar-refractivity contribution is 5.33. The average molecular weight is 242 g/mol. The third-order valence-electron chi connectivity index (χ3n) is 2.12. The Morgan fingerprint density at radius 2 is 2.06 bits per heavy atom. The lowest BCUT2D eigenvalue weighted by Crippen LogP contribution is -2.05. The molecule has 0 aliphatic heterocycles. The van der Waals surface area contributed by atoms with E-state index >= 15 is 0 Å². The smallest absolute Gasteiger partial charge is 0.184 e. The average Bonchev–Trinajstić information content (AvgIpc) is 2.72. The van der Waals surface area contributed by atoms with E-state index in [1.54, 1.807) is 7.05 Å². The van der Waals surface area contributed by atoms with Crippen LogP contribution < -0.4 is 5.32 Å². The van der Waals surface area contributed by atoms with Gasteiger partial charge in [0.2, 0.25) is 0 Å². The molecule has 1 N–H and O–H groups in total. The van der Waals surface area contributed by atoms with Crippen molar-refractivity contribution in [3.63, 3.8) is 0 Å². The third kappa shape index (κ3) is 2.28. The highest BCUT2D eigenvalue weighted by atomic mass is 19.2. The van der Waals surface area contributed by atoms with E-state index in [0.717, 1.165) is 10.7 Å². The Kier molecular flexibility index (Phi) is 3.10. The van der Waals surface area contributed by atoms with Crippen LogP contribution in [-0.2, 0) is 6.54 Å². The second-order valence-electron chi connectivity index (χ2n) is 3.41. The lowest BCUT2D eigenvalue weighted by Gasteiger charge is -2.03. The number of rotatable bonds is 3. The number of nitrogens with zero attached hydrogens (tertiary/aromatic N) is 3. The zero-order valence-electron chi connectivity index (χ0n) is 8.91. The molecule has 1 aromatic heterocycles. The van der Waals surface area contributed by atoms with Crippen molar-refractivity contribution < 1.29 is 13.2 Å². The molecule has 4 nitrogen and oxygen atoms in total. The van der Waals surface area contributed by atoms with Crippen molar-refractivity contribution in [1.82, 2.24) is 20.3 Å². The van der Waals surface area contributed by atoms with E-state index in [0.29, 0.717) is 18.3 Å². The molecule has 7 heteroatoms. The Morgan fingerprint density at radius 3 is 2.76 bits per heavy atom. The van der Waals surface area contributed by atoms with Crippen molar-refractivity contribution in [3.8, 4) is 5.69 Å². The monoisotopic (exact) mass is 242 g/mol. The van der Waals surface area contributed by atoms with Crippen LogP contribution in [0.1, 0.15) is 5.69 Å². The Balaban J connectivity index is 2.44. The largest absolute Gasteiger partial charge is 0.314 e. The quantitative estimate of drug-likeness (QED) is 0.827. The molecule has 90 valence electrons. The van der Waals surface area contributed by atoms with Gasteiger partial charge < -0.3 is 5.32 Å². The Bertz CT molecular complexity index is 538. The minimum Gasteiger partial charge on any atom is -0.314 e. The van der Waals surface area contributed by atoms with Crippen LogP contribution in [0, 0.1) is 17.5 Å². The third-order valence-corrected chi connectivity index (χ3v) is 2.12. The fraction of sp³-hybridized carbons (Fsp3) is 0.200. The zero-order valence-corrected chi connectivity index (χ0v) is 8.91. The fourth-order valence-electron chi connectivity index (χ4n) is 1.39. The van der Waals surface area contributed by atoms with E-state index < -0.39 is 17.5 Å². The van der Waals surface area contributed by atoms with Crippen LogP contribution >= 0.6 is 0 Å². The number of hydrogen-bond donors (Lipinski definition) is 1. The van der Waals surface area contributed by atoms with Gasteiger partial charge in [0.15, 0.2) is 11.6 Å². The van der Waals surface area contributed by atoms with Gasteiger partial charge in [-0.2, -0.15) is 0 Å². The second-order valence-corrected chi connectivity index (χ2v) is 3.41. The molecule has 2 rings (SSSR count). The van der Waals surface area contributed by atoms with Crippen LogP contribution in [0.2, 0.25) is 0 Å². The summed E-state index contributed by atoms with van der Waals surface area (Å²) in [6.07, 6.45) is 1.40. The van der Waals surface area contributed by atoms with Crippen LogP contribution in [0.15, 0.2) is 18.3 Å². The van der Waals surface area contributed by atoms with Gasteiger partial charge in [0, 0.05) is 18.7 Å². The molecule has 1 aromatic carbocycles. The molecular formula is C10H9F3N4. The van der Waals surface area contributed by atoms with Crippen molar-refractivity contribution in [2.75, 3.05) is 7.05 Å². The van der Waals surface area contributed by atoms with Crippen LogP contribution in [0.25, 0.3) is 5.69 Å². The molecule has 0 fully saturated rings. The first-order chi connectivity index (χ1) is 8.11. The van der Waals surface area contributed by atoms with Gasteiger partial charge in [-0.1, -0.05) is 5.21 Å². The van der Waals surface area contributed by atoms with Crippen LogP contribution in [-0.4, -0.2) is 22.0 Å². The molecule has 2 aromatic rings. The molecule has 0 aliphatic carbocycles. The standard InChI is InChI=1S/C10H9F3N4/c1-14-4-7-5-17(16-15-7)9-3-6(11)2-8(12)10(9)13/h2-3,5,14H,4H2,1H3. The van der Waals surface area contributed by atoms with Gasteiger partial charge in [-0.25, -0.2) is 17.9 Å². The minimum atomic E-state index is -1.26. The van der Waals surface area contributed by atoms with E-state index in [-0.39, 0.29) is 5.69 Å². The molecule has 17 heavy (non-hydrogen) atoms. The molecule has 0 radical (unpaired) electrons. The number of aromatic nitrogens is 3. The summed E-state index contributed by atoms with van der Waals surface area (Å²) in [5.41, 5.74) is 0.230. The van der Waals surface area contributed by atoms with Gasteiger partial charge in [-0.15, -0.1) is 5.10 Å². The van der Waals surface area contributed by atoms with Gasteiger partial charge in [0.1, 0.15) is 11.5 Å². The molecule has 0 amide bonds. The SMILES string of the molecule is CNCc1cn(-c2cc(F)cc(F)c2F)nn1. The number of benzene rings is 1. The highest BCUT2D eigenvalue weighted by Crippen LogP contribution is 2.17. The van der Waals surface area contributed by atoms with Crippen molar-refractivity contribution >= 4 is 0 Å².